The van der Waals surface area contributed by atoms with Crippen LogP contribution in [-0.2, 0) is 6.54 Å². The molecule has 0 fully saturated rings. The molecule has 2 N–H and O–H groups in total. The van der Waals surface area contributed by atoms with E-state index in [1.807, 2.05) is 48.7 Å². The number of ether oxygens (including phenoxy) is 1. The Bertz CT molecular complexity index is 778. The molecule has 0 spiro atoms. The zero-order valence-corrected chi connectivity index (χ0v) is 13.4. The van der Waals surface area contributed by atoms with Crippen LogP contribution in [0.15, 0.2) is 30.3 Å². The number of imidazole rings is 1. The van der Waals surface area contributed by atoms with Crippen LogP contribution < -0.4 is 10.5 Å². The first-order valence-corrected chi connectivity index (χ1v) is 7.89. The molecular weight excluding hydrogens is 306 g/mol. The zero-order valence-electron chi connectivity index (χ0n) is 11.8. The predicted molar refractivity (Wildman–Crippen MR) is 88.3 cm³/mol. The van der Waals surface area contributed by atoms with E-state index in [0.29, 0.717) is 12.5 Å². The van der Waals surface area contributed by atoms with Gasteiger partial charge in [-0.3, -0.25) is 0 Å². The summed E-state index contributed by atoms with van der Waals surface area (Å²) < 4.78 is 8.55. The minimum absolute atomic E-state index is 0.0954. The third-order valence-electron chi connectivity index (χ3n) is 3.08. The molecule has 0 aliphatic heterocycles. The Morgan fingerprint density at radius 1 is 1.33 bits per heavy atom. The average molecular weight is 322 g/mol. The smallest absolute Gasteiger partial charge is 0.201 e. The number of hydrogen-bond acceptors (Lipinski definition) is 4. The maximum Gasteiger partial charge on any atom is 0.201 e. The van der Waals surface area contributed by atoms with Crippen LogP contribution in [-0.4, -0.2) is 15.7 Å². The number of rotatable bonds is 4. The van der Waals surface area contributed by atoms with E-state index in [2.05, 4.69) is 4.98 Å². The second kappa shape index (κ2) is 5.58. The number of nitrogens with two attached hydrogens (primary N) is 1. The third kappa shape index (κ3) is 2.84. The molecule has 110 valence electrons. The monoisotopic (exact) mass is 321 g/mol. The van der Waals surface area contributed by atoms with Crippen LogP contribution in [0.4, 0.5) is 5.95 Å². The van der Waals surface area contributed by atoms with Crippen LogP contribution in [0.25, 0.3) is 11.0 Å². The summed E-state index contributed by atoms with van der Waals surface area (Å²) in [5, 5.41) is 0. The van der Waals surface area contributed by atoms with Gasteiger partial charge < -0.3 is 15.0 Å². The van der Waals surface area contributed by atoms with Crippen LogP contribution >= 0.6 is 22.9 Å². The summed E-state index contributed by atoms with van der Waals surface area (Å²) >= 11 is 7.53. The lowest BCUT2D eigenvalue weighted by Gasteiger charge is -2.10. The van der Waals surface area contributed by atoms with Crippen molar-refractivity contribution in [3.05, 3.63) is 39.5 Å². The van der Waals surface area contributed by atoms with Crippen molar-refractivity contribution in [2.45, 2.75) is 26.5 Å². The average Bonchev–Trinajstić information content (AvgIpc) is 2.96. The van der Waals surface area contributed by atoms with Gasteiger partial charge in [0.25, 0.3) is 0 Å². The summed E-state index contributed by atoms with van der Waals surface area (Å²) in [7, 11) is 0. The second-order valence-electron chi connectivity index (χ2n) is 5.05. The van der Waals surface area contributed by atoms with Gasteiger partial charge in [0, 0.05) is 4.88 Å². The van der Waals surface area contributed by atoms with Crippen molar-refractivity contribution in [2.75, 3.05) is 5.73 Å². The number of nitrogens with zero attached hydrogens (tertiary/aromatic N) is 2. The summed E-state index contributed by atoms with van der Waals surface area (Å²) in [6.07, 6.45) is 0.0954. The van der Waals surface area contributed by atoms with Gasteiger partial charge in [0.1, 0.15) is 11.3 Å². The minimum Gasteiger partial charge on any atom is -0.489 e. The van der Waals surface area contributed by atoms with Gasteiger partial charge in [-0.05, 0) is 38.1 Å². The van der Waals surface area contributed by atoms with E-state index in [9.17, 15) is 0 Å². The van der Waals surface area contributed by atoms with Gasteiger partial charge in [0.05, 0.1) is 22.5 Å². The first-order valence-electron chi connectivity index (χ1n) is 6.70. The van der Waals surface area contributed by atoms with Crippen molar-refractivity contribution in [1.29, 1.82) is 0 Å². The van der Waals surface area contributed by atoms with Crippen LogP contribution in [0.1, 0.15) is 18.7 Å². The number of halogens is 1. The summed E-state index contributed by atoms with van der Waals surface area (Å²) in [5.74, 6) is 1.24. The van der Waals surface area contributed by atoms with E-state index in [-0.39, 0.29) is 6.10 Å². The minimum atomic E-state index is 0.0954. The number of fused-ring (bicyclic) bond motifs is 1. The Balaban J connectivity index is 2.05. The molecule has 0 bridgehead atoms. The molecule has 21 heavy (non-hydrogen) atoms. The van der Waals surface area contributed by atoms with E-state index in [1.54, 1.807) is 11.3 Å². The molecular formula is C15H16ClN3OS. The fourth-order valence-corrected chi connectivity index (χ4v) is 3.32. The lowest BCUT2D eigenvalue weighted by Crippen LogP contribution is -2.06. The number of aromatic nitrogens is 2. The number of hydrogen-bond donors (Lipinski definition) is 1. The maximum absolute atomic E-state index is 6.08. The number of benzene rings is 1. The molecule has 0 aliphatic carbocycles. The van der Waals surface area contributed by atoms with Crippen molar-refractivity contribution in [2.24, 2.45) is 0 Å². The fourth-order valence-electron chi connectivity index (χ4n) is 2.25. The highest BCUT2D eigenvalue weighted by atomic mass is 35.5. The topological polar surface area (TPSA) is 53.1 Å². The highest BCUT2D eigenvalue weighted by Crippen LogP contribution is 2.30. The van der Waals surface area contributed by atoms with Crippen molar-refractivity contribution in [3.8, 4) is 5.75 Å². The highest BCUT2D eigenvalue weighted by molar-refractivity contribution is 7.16. The number of thiophene rings is 1. The summed E-state index contributed by atoms with van der Waals surface area (Å²) in [4.78, 5) is 5.60. The van der Waals surface area contributed by atoms with Crippen LogP contribution in [0.5, 0.6) is 5.75 Å². The van der Waals surface area contributed by atoms with E-state index in [1.165, 1.54) is 0 Å². The van der Waals surface area contributed by atoms with Crippen molar-refractivity contribution in [1.82, 2.24) is 9.55 Å². The van der Waals surface area contributed by atoms with E-state index < -0.39 is 0 Å². The first kappa shape index (κ1) is 14.2. The second-order valence-corrected chi connectivity index (χ2v) is 6.85. The molecule has 3 aromatic rings. The Morgan fingerprint density at radius 2 is 2.14 bits per heavy atom. The van der Waals surface area contributed by atoms with Gasteiger partial charge in [-0.2, -0.15) is 0 Å². The molecule has 4 nitrogen and oxygen atoms in total. The standard InChI is InChI=1S/C15H16ClN3OS/c1-9(2)20-12-5-3-4-11-14(12)18-15(17)19(11)8-10-6-7-13(16)21-10/h3-7,9H,8H2,1-2H3,(H2,17,18). The van der Waals surface area contributed by atoms with Gasteiger partial charge in [-0.1, -0.05) is 17.7 Å². The van der Waals surface area contributed by atoms with Gasteiger partial charge in [-0.15, -0.1) is 11.3 Å². The zero-order chi connectivity index (χ0) is 15.0. The molecule has 0 atom stereocenters. The van der Waals surface area contributed by atoms with Gasteiger partial charge in [0.2, 0.25) is 5.95 Å². The Morgan fingerprint density at radius 3 is 2.81 bits per heavy atom. The molecule has 2 aromatic heterocycles. The summed E-state index contributed by atoms with van der Waals surface area (Å²) in [5.41, 5.74) is 7.84. The first-order chi connectivity index (χ1) is 10.0. The third-order valence-corrected chi connectivity index (χ3v) is 4.29. The molecule has 3 rings (SSSR count). The summed E-state index contributed by atoms with van der Waals surface area (Å²) in [6.45, 7) is 4.64. The molecule has 0 radical (unpaired) electrons. The number of nitrogen functional groups attached to an aromatic ring is 1. The van der Waals surface area contributed by atoms with E-state index in [0.717, 1.165) is 26.0 Å². The molecule has 6 heteroatoms. The summed E-state index contributed by atoms with van der Waals surface area (Å²) in [6, 6.07) is 9.78. The van der Waals surface area contributed by atoms with Gasteiger partial charge >= 0.3 is 0 Å². The van der Waals surface area contributed by atoms with Gasteiger partial charge in [-0.25, -0.2) is 4.98 Å². The molecule has 2 heterocycles. The van der Waals surface area contributed by atoms with E-state index >= 15 is 0 Å². The molecule has 0 aliphatic rings. The Hall–Kier alpha value is -1.72. The van der Waals surface area contributed by atoms with Gasteiger partial charge in [0.15, 0.2) is 0 Å². The SMILES string of the molecule is CC(C)Oc1cccc2c1nc(N)n2Cc1ccc(Cl)s1. The Kier molecular flexibility index (Phi) is 3.78. The van der Waals surface area contributed by atoms with Crippen LogP contribution in [0.3, 0.4) is 0 Å². The largest absolute Gasteiger partial charge is 0.489 e. The van der Waals surface area contributed by atoms with Crippen molar-refractivity contribution in [3.63, 3.8) is 0 Å². The normalized spacial score (nSPS) is 11.4. The molecule has 0 saturated carbocycles. The van der Waals surface area contributed by atoms with Crippen LogP contribution in [0, 0.1) is 0 Å². The molecule has 0 unspecified atom stereocenters. The fraction of sp³-hybridized carbons (Fsp3) is 0.267. The van der Waals surface area contributed by atoms with E-state index in [4.69, 9.17) is 22.1 Å². The highest BCUT2D eigenvalue weighted by Gasteiger charge is 2.14. The molecule has 1 aromatic carbocycles. The van der Waals surface area contributed by atoms with Crippen molar-refractivity contribution < 1.29 is 4.74 Å². The Labute approximate surface area is 132 Å². The maximum atomic E-state index is 6.08. The molecule has 0 saturated heterocycles. The van der Waals surface area contributed by atoms with Crippen molar-refractivity contribution >= 4 is 39.9 Å². The molecule has 0 amide bonds. The quantitative estimate of drug-likeness (QED) is 0.784. The lowest BCUT2D eigenvalue weighted by molar-refractivity contribution is 0.245. The lowest BCUT2D eigenvalue weighted by atomic mass is 10.3. The number of anilines is 1. The number of para-hydroxylation sites is 1. The van der Waals surface area contributed by atoms with Crippen LogP contribution in [0.2, 0.25) is 4.34 Å². The predicted octanol–water partition coefficient (Wildman–Crippen LogP) is 4.17.